The summed E-state index contributed by atoms with van der Waals surface area (Å²) >= 11 is 3.57. The van der Waals surface area contributed by atoms with E-state index in [4.69, 9.17) is 5.73 Å². The van der Waals surface area contributed by atoms with Crippen LogP contribution in [0.1, 0.15) is 23.2 Å². The molecule has 0 atom stereocenters. The van der Waals surface area contributed by atoms with Gasteiger partial charge in [0.2, 0.25) is 0 Å². The number of aromatic nitrogens is 3. The van der Waals surface area contributed by atoms with Crippen LogP contribution in [0.2, 0.25) is 0 Å². The predicted octanol–water partition coefficient (Wildman–Crippen LogP) is 4.89. The molecule has 0 saturated carbocycles. The van der Waals surface area contributed by atoms with Crippen LogP contribution in [0.4, 0.5) is 21.6 Å². The highest BCUT2D eigenvalue weighted by molar-refractivity contribution is 9.10. The molecule has 1 fully saturated rings. The normalized spacial score (nSPS) is 14.3. The number of amides is 1. The molecule has 2 aromatic carbocycles. The minimum atomic E-state index is -0.333. The first kappa shape index (κ1) is 24.2. The minimum Gasteiger partial charge on any atom is -0.386 e. The Labute approximate surface area is 216 Å². The van der Waals surface area contributed by atoms with Gasteiger partial charge in [-0.05, 0) is 71.6 Å². The maximum Gasteiger partial charge on any atom is 0.255 e. The molecular weight excluding hydrogens is 525 g/mol. The molecule has 0 unspecified atom stereocenters. The Kier molecular flexibility index (Phi) is 6.88. The Bertz CT molecular complexity index is 1410. The van der Waals surface area contributed by atoms with Crippen LogP contribution < -0.4 is 16.4 Å². The zero-order chi connectivity index (χ0) is 25.2. The second-order valence-corrected chi connectivity index (χ2v) is 9.70. The van der Waals surface area contributed by atoms with Crippen molar-refractivity contribution in [1.82, 2.24) is 19.3 Å². The second-order valence-electron chi connectivity index (χ2n) is 8.85. The Morgan fingerprint density at radius 3 is 2.69 bits per heavy atom. The van der Waals surface area contributed by atoms with Crippen molar-refractivity contribution in [3.63, 3.8) is 0 Å². The molecule has 0 radical (unpaired) electrons. The van der Waals surface area contributed by atoms with Crippen molar-refractivity contribution in [2.75, 3.05) is 37.3 Å². The summed E-state index contributed by atoms with van der Waals surface area (Å²) in [5, 5.41) is 6.12. The molecule has 10 heteroatoms. The number of imidazole rings is 1. The zero-order valence-electron chi connectivity index (χ0n) is 19.8. The Morgan fingerprint density at radius 2 is 2.00 bits per heavy atom. The Balaban J connectivity index is 1.37. The largest absolute Gasteiger partial charge is 0.386 e. The van der Waals surface area contributed by atoms with E-state index in [9.17, 15) is 9.18 Å². The topological polar surface area (TPSA) is 101 Å². The number of fused-ring (bicyclic) bond motifs is 1. The Hall–Kier alpha value is -3.50. The van der Waals surface area contributed by atoms with E-state index in [2.05, 4.69) is 36.5 Å². The fourth-order valence-corrected chi connectivity index (χ4v) is 5.09. The number of rotatable bonds is 6. The lowest BCUT2D eigenvalue weighted by Gasteiger charge is -2.31. The van der Waals surface area contributed by atoms with Gasteiger partial charge in [0.25, 0.3) is 5.91 Å². The molecule has 3 heterocycles. The van der Waals surface area contributed by atoms with E-state index in [1.165, 1.54) is 6.07 Å². The summed E-state index contributed by atoms with van der Waals surface area (Å²) in [4.78, 5) is 23.9. The van der Waals surface area contributed by atoms with Crippen LogP contribution in [-0.2, 0) is 0 Å². The number of nitrogens with two attached hydrogens (primary N) is 1. The van der Waals surface area contributed by atoms with Crippen LogP contribution in [0, 0.1) is 11.7 Å². The standard InChI is InChI=1S/C26H27BrFN7O/c1-30-22-5-2-17(12-21(22)28)23-15-32-25-24(31-8-11-35(23)25)33-18-3-4-19(20(27)13-18)26(36)34-9-6-16(14-29)7-10-34/h2-5,8,11-13,15-16,30H,6-7,9-10,14,29H2,1H3,(H,31,33). The summed E-state index contributed by atoms with van der Waals surface area (Å²) in [6, 6.07) is 10.6. The summed E-state index contributed by atoms with van der Waals surface area (Å²) in [6.07, 6.45) is 7.03. The molecule has 1 amide bonds. The van der Waals surface area contributed by atoms with Crippen molar-refractivity contribution in [3.05, 3.63) is 70.8 Å². The molecule has 8 nitrogen and oxygen atoms in total. The van der Waals surface area contributed by atoms with Crippen molar-refractivity contribution in [1.29, 1.82) is 0 Å². The van der Waals surface area contributed by atoms with E-state index >= 15 is 0 Å². The van der Waals surface area contributed by atoms with Gasteiger partial charge in [-0.15, -0.1) is 0 Å². The first-order valence-electron chi connectivity index (χ1n) is 11.8. The van der Waals surface area contributed by atoms with Crippen molar-refractivity contribution in [3.8, 4) is 11.3 Å². The highest BCUT2D eigenvalue weighted by atomic mass is 79.9. The van der Waals surface area contributed by atoms with E-state index in [-0.39, 0.29) is 11.7 Å². The summed E-state index contributed by atoms with van der Waals surface area (Å²) in [7, 11) is 1.68. The van der Waals surface area contributed by atoms with E-state index in [0.717, 1.165) is 37.3 Å². The highest BCUT2D eigenvalue weighted by Crippen LogP contribution is 2.30. The van der Waals surface area contributed by atoms with Crippen molar-refractivity contribution in [2.24, 2.45) is 11.7 Å². The van der Waals surface area contributed by atoms with Gasteiger partial charge in [0.05, 0.1) is 23.1 Å². The van der Waals surface area contributed by atoms with Gasteiger partial charge < -0.3 is 21.3 Å². The number of hydrogen-bond acceptors (Lipinski definition) is 6. The van der Waals surface area contributed by atoms with Crippen LogP contribution in [0.15, 0.2) is 59.5 Å². The third kappa shape index (κ3) is 4.66. The van der Waals surface area contributed by atoms with Gasteiger partial charge >= 0.3 is 0 Å². The number of likely N-dealkylation sites (tertiary alicyclic amines) is 1. The number of carbonyl (C=O) groups is 1. The second kappa shape index (κ2) is 10.2. The monoisotopic (exact) mass is 551 g/mol. The lowest BCUT2D eigenvalue weighted by Crippen LogP contribution is -2.40. The van der Waals surface area contributed by atoms with Gasteiger partial charge in [-0.25, -0.2) is 14.4 Å². The Morgan fingerprint density at radius 1 is 1.19 bits per heavy atom. The average Bonchev–Trinajstić information content (AvgIpc) is 3.34. The quantitative estimate of drug-likeness (QED) is 0.315. The molecule has 36 heavy (non-hydrogen) atoms. The predicted molar refractivity (Wildman–Crippen MR) is 143 cm³/mol. The van der Waals surface area contributed by atoms with Gasteiger partial charge in [0.1, 0.15) is 5.82 Å². The number of nitrogens with one attached hydrogen (secondary N) is 2. The van der Waals surface area contributed by atoms with E-state index < -0.39 is 0 Å². The molecule has 0 aliphatic carbocycles. The maximum atomic E-state index is 14.3. The summed E-state index contributed by atoms with van der Waals surface area (Å²) in [6.45, 7) is 2.12. The summed E-state index contributed by atoms with van der Waals surface area (Å²) < 4.78 is 16.9. The first-order chi connectivity index (χ1) is 17.5. The molecule has 1 saturated heterocycles. The molecule has 4 N–H and O–H groups in total. The lowest BCUT2D eigenvalue weighted by molar-refractivity contribution is 0.0692. The van der Waals surface area contributed by atoms with Crippen LogP contribution in [0.5, 0.6) is 0 Å². The summed E-state index contributed by atoms with van der Waals surface area (Å²) in [5.74, 6) is 0.722. The molecule has 0 spiro atoms. The third-order valence-corrected chi connectivity index (χ3v) is 7.32. The lowest BCUT2D eigenvalue weighted by atomic mass is 9.96. The minimum absolute atomic E-state index is 0.0125. The smallest absolute Gasteiger partial charge is 0.255 e. The van der Waals surface area contributed by atoms with E-state index in [0.29, 0.717) is 45.2 Å². The molecule has 2 aromatic heterocycles. The van der Waals surface area contributed by atoms with Crippen molar-refractivity contribution < 1.29 is 9.18 Å². The fraction of sp³-hybridized carbons (Fsp3) is 0.269. The van der Waals surface area contributed by atoms with Crippen molar-refractivity contribution >= 4 is 44.7 Å². The van der Waals surface area contributed by atoms with Gasteiger partial charge in [0.15, 0.2) is 11.5 Å². The van der Waals surface area contributed by atoms with Crippen LogP contribution in [0.25, 0.3) is 16.9 Å². The number of hydrogen-bond donors (Lipinski definition) is 3. The van der Waals surface area contributed by atoms with Gasteiger partial charge in [0, 0.05) is 48.3 Å². The average molecular weight is 552 g/mol. The molecule has 5 rings (SSSR count). The van der Waals surface area contributed by atoms with Crippen LogP contribution >= 0.6 is 15.9 Å². The van der Waals surface area contributed by atoms with Crippen LogP contribution in [0.3, 0.4) is 0 Å². The van der Waals surface area contributed by atoms with E-state index in [1.807, 2.05) is 33.6 Å². The van der Waals surface area contributed by atoms with Gasteiger partial charge in [-0.3, -0.25) is 9.20 Å². The molecule has 4 aromatic rings. The molecule has 1 aliphatic heterocycles. The van der Waals surface area contributed by atoms with Gasteiger partial charge in [-0.1, -0.05) is 6.07 Å². The maximum absolute atomic E-state index is 14.3. The number of benzene rings is 2. The van der Waals surface area contributed by atoms with Gasteiger partial charge in [-0.2, -0.15) is 0 Å². The van der Waals surface area contributed by atoms with E-state index in [1.54, 1.807) is 31.7 Å². The number of piperidine rings is 1. The van der Waals surface area contributed by atoms with Crippen molar-refractivity contribution in [2.45, 2.75) is 12.8 Å². The SMILES string of the molecule is CNc1ccc(-c2cnc3c(Nc4ccc(C(=O)N5CCC(CN)CC5)c(Br)c4)nccn23)cc1F. The molecule has 0 bridgehead atoms. The first-order valence-corrected chi connectivity index (χ1v) is 12.6. The number of anilines is 3. The number of halogens is 2. The fourth-order valence-electron chi connectivity index (χ4n) is 4.54. The molecular formula is C26H27BrFN7O. The zero-order valence-corrected chi connectivity index (χ0v) is 21.4. The third-order valence-electron chi connectivity index (χ3n) is 6.66. The molecule has 1 aliphatic rings. The summed E-state index contributed by atoms with van der Waals surface area (Å²) in [5.41, 5.74) is 9.64. The number of nitrogens with zero attached hydrogens (tertiary/aromatic N) is 4. The molecule has 186 valence electrons. The highest BCUT2D eigenvalue weighted by Gasteiger charge is 2.24. The van der Waals surface area contributed by atoms with Crippen LogP contribution in [-0.4, -0.2) is 51.9 Å². The number of carbonyl (C=O) groups excluding carboxylic acids is 1.